The minimum Gasteiger partial charge on any atom is -0.393 e. The number of aliphatic hydroxyl groups excluding tert-OH is 2. The van der Waals surface area contributed by atoms with Crippen LogP contribution in [0.1, 0.15) is 39.0 Å². The molecule has 7 atom stereocenters. The Morgan fingerprint density at radius 1 is 1.38 bits per heavy atom. The Labute approximate surface area is 152 Å². The summed E-state index contributed by atoms with van der Waals surface area (Å²) >= 11 is 0. The minimum atomic E-state index is -4.10. The number of halogens is 1. The molecule has 0 spiro atoms. The van der Waals surface area contributed by atoms with Gasteiger partial charge in [-0.05, 0) is 50.9 Å². The molecule has 150 valence electrons. The van der Waals surface area contributed by atoms with E-state index in [9.17, 15) is 23.4 Å². The van der Waals surface area contributed by atoms with Crippen molar-refractivity contribution in [2.75, 3.05) is 13.2 Å². The molecule has 2 aliphatic carbocycles. The fraction of sp³-hybridized carbons (Fsp3) is 0.938. The van der Waals surface area contributed by atoms with E-state index in [0.29, 0.717) is 32.3 Å². The van der Waals surface area contributed by atoms with Crippen LogP contribution in [0.2, 0.25) is 0 Å². The number of carbonyl (C=O) groups is 1. The zero-order chi connectivity index (χ0) is 19.1. The number of nitrogens with zero attached hydrogens (tertiary/aromatic N) is 1. The van der Waals surface area contributed by atoms with Gasteiger partial charge >= 0.3 is 10.2 Å². The Kier molecular flexibility index (Phi) is 5.88. The minimum absolute atomic E-state index is 0.0261. The molecule has 1 aliphatic heterocycles. The lowest BCUT2D eigenvalue weighted by atomic mass is 9.66. The summed E-state index contributed by atoms with van der Waals surface area (Å²) in [5.41, 5.74) is 0. The second-order valence-corrected chi connectivity index (χ2v) is 9.30. The Morgan fingerprint density at radius 2 is 2.12 bits per heavy atom. The van der Waals surface area contributed by atoms with Crippen molar-refractivity contribution in [1.29, 1.82) is 0 Å². The van der Waals surface area contributed by atoms with Crippen LogP contribution in [0.4, 0.5) is 4.39 Å². The molecule has 0 radical (unpaired) electrons. The van der Waals surface area contributed by atoms with Gasteiger partial charge in [-0.15, -0.1) is 0 Å². The Hall–Kier alpha value is -0.810. The summed E-state index contributed by atoms with van der Waals surface area (Å²) in [6.07, 6.45) is -0.564. The van der Waals surface area contributed by atoms with Gasteiger partial charge in [0.2, 0.25) is 5.91 Å². The van der Waals surface area contributed by atoms with Crippen LogP contribution in [0.25, 0.3) is 0 Å². The zero-order valence-corrected chi connectivity index (χ0v) is 15.6. The van der Waals surface area contributed by atoms with Crippen molar-refractivity contribution in [1.82, 2.24) is 9.03 Å². The number of hydrogen-bond donors (Lipinski definition) is 3. The normalized spacial score (nSPS) is 41.5. The van der Waals surface area contributed by atoms with Crippen molar-refractivity contribution >= 4 is 16.1 Å². The van der Waals surface area contributed by atoms with E-state index in [1.807, 2.05) is 4.72 Å². The summed E-state index contributed by atoms with van der Waals surface area (Å²) in [7, 11) is -4.10. The lowest BCUT2D eigenvalue weighted by Crippen LogP contribution is -2.59. The number of carbonyl (C=O) groups excluding carboxylic acids is 1. The average molecular weight is 394 g/mol. The molecule has 1 amide bonds. The molecule has 3 fully saturated rings. The molecule has 10 heteroatoms. The Morgan fingerprint density at radius 3 is 2.73 bits per heavy atom. The van der Waals surface area contributed by atoms with Gasteiger partial charge in [0.05, 0.1) is 30.9 Å². The van der Waals surface area contributed by atoms with Gasteiger partial charge in [-0.1, -0.05) is 0 Å². The molecule has 6 unspecified atom stereocenters. The summed E-state index contributed by atoms with van der Waals surface area (Å²) in [6.45, 7) is 1.61. The highest BCUT2D eigenvalue weighted by atomic mass is 32.2. The van der Waals surface area contributed by atoms with Crippen LogP contribution in [0.5, 0.6) is 0 Å². The second-order valence-electron chi connectivity index (χ2n) is 7.68. The van der Waals surface area contributed by atoms with Gasteiger partial charge in [0.25, 0.3) is 0 Å². The van der Waals surface area contributed by atoms with E-state index in [2.05, 4.69) is 0 Å². The standard InChI is InChI=1S/C16H27FN2O6S/c1-9(20)4-5-25-11-3-2-10-6-13(21)16(15(17)12(10)7-11)19-8-14(22)18-26(19,23)24/h9-13,15-16,20-21H,2-8H2,1H3,(H,18,22)/t9-,10?,11?,12?,13?,15?,16?/m0/s1. The lowest BCUT2D eigenvalue weighted by molar-refractivity contribution is -0.120. The fourth-order valence-electron chi connectivity index (χ4n) is 4.46. The number of hydrogen-bond acceptors (Lipinski definition) is 6. The third-order valence-corrected chi connectivity index (χ3v) is 7.22. The number of amides is 1. The molecule has 1 heterocycles. The maximum atomic E-state index is 15.3. The van der Waals surface area contributed by atoms with Crippen molar-refractivity contribution < 1.29 is 32.6 Å². The van der Waals surface area contributed by atoms with E-state index in [1.54, 1.807) is 6.92 Å². The van der Waals surface area contributed by atoms with Crippen LogP contribution in [-0.4, -0.2) is 72.5 Å². The quantitative estimate of drug-likeness (QED) is 0.590. The molecular formula is C16H27FN2O6S. The topological polar surface area (TPSA) is 116 Å². The number of rotatable bonds is 5. The van der Waals surface area contributed by atoms with E-state index >= 15 is 4.39 Å². The third kappa shape index (κ3) is 4.04. The van der Waals surface area contributed by atoms with E-state index in [1.165, 1.54) is 0 Å². The second kappa shape index (κ2) is 7.67. The van der Waals surface area contributed by atoms with Crippen LogP contribution in [0.15, 0.2) is 0 Å². The van der Waals surface area contributed by atoms with Gasteiger partial charge in [0.15, 0.2) is 0 Å². The summed E-state index contributed by atoms with van der Waals surface area (Å²) in [5, 5.41) is 19.7. The number of alkyl halides is 1. The van der Waals surface area contributed by atoms with Crippen LogP contribution < -0.4 is 4.72 Å². The SMILES string of the molecule is C[C@H](O)CCOC1CCC2CC(O)C(N3CC(=O)NS3(=O)=O)C(F)C2C1. The summed E-state index contributed by atoms with van der Waals surface area (Å²) in [6, 6.07) is -1.25. The highest BCUT2D eigenvalue weighted by molar-refractivity contribution is 7.88. The van der Waals surface area contributed by atoms with Crippen LogP contribution >= 0.6 is 0 Å². The van der Waals surface area contributed by atoms with Gasteiger partial charge in [-0.3, -0.25) is 4.79 Å². The Balaban J connectivity index is 1.69. The molecular weight excluding hydrogens is 367 g/mol. The number of ether oxygens (including phenoxy) is 1. The van der Waals surface area contributed by atoms with Crippen molar-refractivity contribution in [2.24, 2.45) is 11.8 Å². The Bertz CT molecular complexity index is 630. The van der Waals surface area contributed by atoms with Gasteiger partial charge < -0.3 is 14.9 Å². The first-order valence-corrected chi connectivity index (χ1v) is 10.6. The molecule has 0 bridgehead atoms. The highest BCUT2D eigenvalue weighted by Gasteiger charge is 2.53. The molecule has 3 rings (SSSR count). The molecule has 2 saturated carbocycles. The van der Waals surface area contributed by atoms with Gasteiger partial charge in [-0.2, -0.15) is 12.7 Å². The van der Waals surface area contributed by atoms with Crippen LogP contribution in [-0.2, 0) is 19.7 Å². The first kappa shape index (κ1) is 19.9. The highest BCUT2D eigenvalue weighted by Crippen LogP contribution is 2.45. The third-order valence-electron chi connectivity index (χ3n) is 5.75. The monoisotopic (exact) mass is 394 g/mol. The van der Waals surface area contributed by atoms with E-state index in [-0.39, 0.29) is 12.0 Å². The maximum absolute atomic E-state index is 15.3. The molecule has 26 heavy (non-hydrogen) atoms. The predicted molar refractivity (Wildman–Crippen MR) is 89.9 cm³/mol. The number of fused-ring (bicyclic) bond motifs is 1. The van der Waals surface area contributed by atoms with Gasteiger partial charge in [-0.25, -0.2) is 9.11 Å². The molecule has 0 aromatic carbocycles. The van der Waals surface area contributed by atoms with Crippen molar-refractivity contribution in [2.45, 2.75) is 69.6 Å². The summed E-state index contributed by atoms with van der Waals surface area (Å²) < 4.78 is 47.7. The molecule has 3 N–H and O–H groups in total. The number of aliphatic hydroxyl groups is 2. The first-order valence-electron chi connectivity index (χ1n) is 9.13. The predicted octanol–water partition coefficient (Wildman–Crippen LogP) is -0.293. The number of nitrogens with one attached hydrogen (secondary N) is 1. The smallest absolute Gasteiger partial charge is 0.304 e. The van der Waals surface area contributed by atoms with Crippen LogP contribution in [0, 0.1) is 11.8 Å². The summed E-state index contributed by atoms with van der Waals surface area (Å²) in [4.78, 5) is 11.5. The maximum Gasteiger partial charge on any atom is 0.304 e. The van der Waals surface area contributed by atoms with E-state index in [0.717, 1.165) is 10.7 Å². The summed E-state index contributed by atoms with van der Waals surface area (Å²) in [5.74, 6) is -1.16. The molecule has 0 aromatic rings. The largest absolute Gasteiger partial charge is 0.393 e. The fourth-order valence-corrected chi connectivity index (χ4v) is 5.79. The van der Waals surface area contributed by atoms with Crippen molar-refractivity contribution in [3.8, 4) is 0 Å². The average Bonchev–Trinajstić information content (AvgIpc) is 2.80. The van der Waals surface area contributed by atoms with E-state index in [4.69, 9.17) is 4.74 Å². The van der Waals surface area contributed by atoms with Gasteiger partial charge in [0.1, 0.15) is 6.17 Å². The van der Waals surface area contributed by atoms with Crippen molar-refractivity contribution in [3.63, 3.8) is 0 Å². The molecule has 8 nitrogen and oxygen atoms in total. The van der Waals surface area contributed by atoms with Crippen LogP contribution in [0.3, 0.4) is 0 Å². The van der Waals surface area contributed by atoms with Gasteiger partial charge in [0, 0.05) is 6.61 Å². The molecule has 1 saturated heterocycles. The lowest BCUT2D eigenvalue weighted by Gasteiger charge is -2.47. The molecule has 0 aromatic heterocycles. The van der Waals surface area contributed by atoms with E-state index < -0.39 is 53.0 Å². The zero-order valence-electron chi connectivity index (χ0n) is 14.8. The van der Waals surface area contributed by atoms with Crippen molar-refractivity contribution in [3.05, 3.63) is 0 Å². The molecule has 3 aliphatic rings. The first-order chi connectivity index (χ1) is 12.2.